The molecular weight excluding hydrogens is 404 g/mol. The Morgan fingerprint density at radius 3 is 2.16 bits per heavy atom. The van der Waals surface area contributed by atoms with Crippen molar-refractivity contribution in [2.75, 3.05) is 26.9 Å². The molecule has 2 aromatic carbocycles. The molecule has 1 aliphatic rings. The molecule has 9 heteroatoms. The van der Waals surface area contributed by atoms with E-state index in [4.69, 9.17) is 14.6 Å². The molecule has 3 rings (SSSR count). The Morgan fingerprint density at radius 1 is 1.03 bits per heavy atom. The van der Waals surface area contributed by atoms with Crippen LogP contribution < -0.4 is 10.6 Å². The number of carbonyl (C=O) groups is 3. The first kappa shape index (κ1) is 22.3. The van der Waals surface area contributed by atoms with Crippen LogP contribution in [0, 0.1) is 0 Å². The van der Waals surface area contributed by atoms with Crippen molar-refractivity contribution in [1.29, 1.82) is 0 Å². The zero-order valence-electron chi connectivity index (χ0n) is 16.9. The number of carbonyl (C=O) groups excluding carboxylic acids is 2. The highest BCUT2D eigenvalue weighted by atomic mass is 16.5. The Hall–Kier alpha value is -3.43. The van der Waals surface area contributed by atoms with Crippen LogP contribution >= 0.6 is 0 Å². The number of methoxy groups -OCH3 is 1. The third-order valence-corrected chi connectivity index (χ3v) is 5.04. The van der Waals surface area contributed by atoms with Crippen molar-refractivity contribution >= 4 is 18.0 Å². The van der Waals surface area contributed by atoms with Gasteiger partial charge in [0.15, 0.2) is 6.10 Å². The molecule has 0 fully saturated rings. The van der Waals surface area contributed by atoms with Gasteiger partial charge in [0.2, 0.25) is 5.91 Å². The molecule has 9 nitrogen and oxygen atoms in total. The number of alkyl carbamates (subject to hydrolysis) is 1. The fraction of sp³-hybridized carbons (Fsp3) is 0.318. The Balaban J connectivity index is 1.61. The van der Waals surface area contributed by atoms with Gasteiger partial charge in [-0.3, -0.25) is 4.79 Å². The summed E-state index contributed by atoms with van der Waals surface area (Å²) < 4.78 is 10.3. The summed E-state index contributed by atoms with van der Waals surface area (Å²) in [6.07, 6.45) is -2.56. The number of rotatable bonds is 9. The van der Waals surface area contributed by atoms with Crippen LogP contribution in [-0.4, -0.2) is 67.2 Å². The minimum absolute atomic E-state index is 0.0823. The molecule has 0 radical (unpaired) electrons. The lowest BCUT2D eigenvalue weighted by molar-refractivity contribution is -0.146. The van der Waals surface area contributed by atoms with Crippen LogP contribution in [0.3, 0.4) is 0 Å². The smallest absolute Gasteiger partial charge is 0.407 e. The van der Waals surface area contributed by atoms with E-state index in [1.54, 1.807) is 0 Å². The van der Waals surface area contributed by atoms with E-state index in [2.05, 4.69) is 10.6 Å². The second kappa shape index (κ2) is 10.1. The summed E-state index contributed by atoms with van der Waals surface area (Å²) in [6.45, 7) is -0.571. The Labute approximate surface area is 179 Å². The predicted octanol–water partition coefficient (Wildman–Crippen LogP) is 1.10. The molecule has 31 heavy (non-hydrogen) atoms. The SMILES string of the molecule is COC[C@H](NC(=O)OCC1c2ccccc2-c2ccccc21)C(=O)NC[C@H](O)C(=O)O. The summed E-state index contributed by atoms with van der Waals surface area (Å²) >= 11 is 0. The molecule has 0 saturated heterocycles. The summed E-state index contributed by atoms with van der Waals surface area (Å²) in [5.41, 5.74) is 4.32. The lowest BCUT2D eigenvalue weighted by atomic mass is 9.98. The summed E-state index contributed by atoms with van der Waals surface area (Å²) in [4.78, 5) is 35.2. The van der Waals surface area contributed by atoms with Crippen molar-refractivity contribution < 1.29 is 34.1 Å². The van der Waals surface area contributed by atoms with Gasteiger partial charge in [-0.15, -0.1) is 0 Å². The number of hydrogen-bond acceptors (Lipinski definition) is 6. The van der Waals surface area contributed by atoms with Gasteiger partial charge in [-0.1, -0.05) is 48.5 Å². The Bertz CT molecular complexity index is 917. The van der Waals surface area contributed by atoms with E-state index >= 15 is 0 Å². The van der Waals surface area contributed by atoms with Crippen molar-refractivity contribution in [3.8, 4) is 11.1 Å². The highest BCUT2D eigenvalue weighted by Crippen LogP contribution is 2.44. The van der Waals surface area contributed by atoms with Crippen LogP contribution in [0.1, 0.15) is 17.0 Å². The van der Waals surface area contributed by atoms with Gasteiger partial charge >= 0.3 is 12.1 Å². The van der Waals surface area contributed by atoms with Crippen molar-refractivity contribution in [1.82, 2.24) is 10.6 Å². The summed E-state index contributed by atoms with van der Waals surface area (Å²) in [5, 5.41) is 22.6. The van der Waals surface area contributed by atoms with E-state index in [0.29, 0.717) is 0 Å². The number of aliphatic hydroxyl groups excluding tert-OH is 1. The number of aliphatic carboxylic acids is 1. The maximum atomic E-state index is 12.3. The molecule has 164 valence electrons. The van der Waals surface area contributed by atoms with E-state index < -0.39 is 36.7 Å². The standard InChI is InChI=1S/C22H24N2O7/c1-30-12-18(20(26)23-10-19(25)21(27)28)24-22(29)31-11-17-15-8-4-2-6-13(15)14-7-3-5-9-16(14)17/h2-9,17-19,25H,10-12H2,1H3,(H,23,26)(H,24,29)(H,27,28)/t18-,19-/m0/s1. The number of carboxylic acids is 1. The monoisotopic (exact) mass is 428 g/mol. The fourth-order valence-corrected chi connectivity index (χ4v) is 3.54. The number of ether oxygens (including phenoxy) is 2. The largest absolute Gasteiger partial charge is 0.479 e. The van der Waals surface area contributed by atoms with Crippen LogP contribution in [0.5, 0.6) is 0 Å². The number of fused-ring (bicyclic) bond motifs is 3. The molecule has 2 atom stereocenters. The average Bonchev–Trinajstić information content (AvgIpc) is 3.09. The fourth-order valence-electron chi connectivity index (χ4n) is 3.54. The third kappa shape index (κ3) is 5.19. The van der Waals surface area contributed by atoms with Crippen LogP contribution in [0.15, 0.2) is 48.5 Å². The second-order valence-electron chi connectivity index (χ2n) is 7.08. The van der Waals surface area contributed by atoms with Gasteiger partial charge in [0.05, 0.1) is 13.2 Å². The van der Waals surface area contributed by atoms with Crippen LogP contribution in [0.2, 0.25) is 0 Å². The molecule has 2 amide bonds. The molecule has 0 aliphatic heterocycles. The molecule has 2 aromatic rings. The van der Waals surface area contributed by atoms with Gasteiger partial charge in [0.25, 0.3) is 0 Å². The minimum atomic E-state index is -1.75. The summed E-state index contributed by atoms with van der Waals surface area (Å²) in [5.74, 6) is -2.29. The molecule has 0 spiro atoms. The Morgan fingerprint density at radius 2 is 1.61 bits per heavy atom. The first-order valence-electron chi connectivity index (χ1n) is 9.71. The van der Waals surface area contributed by atoms with Gasteiger partial charge in [0, 0.05) is 13.0 Å². The highest BCUT2D eigenvalue weighted by Gasteiger charge is 2.30. The van der Waals surface area contributed by atoms with Crippen molar-refractivity contribution in [2.24, 2.45) is 0 Å². The molecule has 1 aliphatic carbocycles. The predicted molar refractivity (Wildman–Crippen MR) is 111 cm³/mol. The van der Waals surface area contributed by atoms with E-state index in [0.717, 1.165) is 22.3 Å². The number of benzene rings is 2. The lowest BCUT2D eigenvalue weighted by Gasteiger charge is -2.19. The molecule has 0 bridgehead atoms. The van der Waals surface area contributed by atoms with Crippen molar-refractivity contribution in [2.45, 2.75) is 18.1 Å². The maximum absolute atomic E-state index is 12.3. The molecule has 4 N–H and O–H groups in total. The van der Waals surface area contributed by atoms with E-state index in [-0.39, 0.29) is 19.1 Å². The van der Waals surface area contributed by atoms with Crippen LogP contribution in [0.4, 0.5) is 4.79 Å². The second-order valence-corrected chi connectivity index (χ2v) is 7.08. The molecule has 0 heterocycles. The van der Waals surface area contributed by atoms with Crippen LogP contribution in [0.25, 0.3) is 11.1 Å². The van der Waals surface area contributed by atoms with Gasteiger partial charge in [0.1, 0.15) is 12.6 Å². The number of hydrogen-bond donors (Lipinski definition) is 4. The molecule has 0 aromatic heterocycles. The lowest BCUT2D eigenvalue weighted by Crippen LogP contribution is -2.51. The van der Waals surface area contributed by atoms with Gasteiger partial charge < -0.3 is 30.3 Å². The quantitative estimate of drug-likeness (QED) is 0.470. The van der Waals surface area contributed by atoms with E-state index in [9.17, 15) is 19.5 Å². The van der Waals surface area contributed by atoms with Gasteiger partial charge in [-0.25, -0.2) is 9.59 Å². The minimum Gasteiger partial charge on any atom is -0.479 e. The van der Waals surface area contributed by atoms with E-state index in [1.807, 2.05) is 48.5 Å². The maximum Gasteiger partial charge on any atom is 0.407 e. The topological polar surface area (TPSA) is 134 Å². The number of amides is 2. The first-order valence-corrected chi connectivity index (χ1v) is 9.71. The van der Waals surface area contributed by atoms with Crippen molar-refractivity contribution in [3.63, 3.8) is 0 Å². The van der Waals surface area contributed by atoms with Crippen LogP contribution in [-0.2, 0) is 19.1 Å². The average molecular weight is 428 g/mol. The van der Waals surface area contributed by atoms with Gasteiger partial charge in [-0.2, -0.15) is 0 Å². The molecule has 0 saturated carbocycles. The number of nitrogens with one attached hydrogen (secondary N) is 2. The van der Waals surface area contributed by atoms with Gasteiger partial charge in [-0.05, 0) is 22.3 Å². The molecule has 0 unspecified atom stereocenters. The number of aliphatic hydroxyl groups is 1. The highest BCUT2D eigenvalue weighted by molar-refractivity contribution is 5.86. The van der Waals surface area contributed by atoms with Crippen molar-refractivity contribution in [3.05, 3.63) is 59.7 Å². The molecular formula is C22H24N2O7. The summed E-state index contributed by atoms with van der Waals surface area (Å²) in [7, 11) is 1.35. The Kier molecular flexibility index (Phi) is 7.22. The van der Waals surface area contributed by atoms with E-state index in [1.165, 1.54) is 7.11 Å². The summed E-state index contributed by atoms with van der Waals surface area (Å²) in [6, 6.07) is 14.7. The number of carboxylic acid groups (broad SMARTS) is 1. The zero-order chi connectivity index (χ0) is 22.4. The zero-order valence-corrected chi connectivity index (χ0v) is 16.9. The normalized spacial score (nSPS) is 14.1. The first-order chi connectivity index (χ1) is 14.9. The third-order valence-electron chi connectivity index (χ3n) is 5.04.